The fraction of sp³-hybridized carbons (Fsp3) is 0.455. The van der Waals surface area contributed by atoms with Gasteiger partial charge in [0.25, 0.3) is 0 Å². The Kier molecular flexibility index (Phi) is 5.11. The van der Waals surface area contributed by atoms with E-state index in [1.807, 2.05) is 29.1 Å². The van der Waals surface area contributed by atoms with E-state index in [-0.39, 0.29) is 12.3 Å². The highest BCUT2D eigenvalue weighted by molar-refractivity contribution is 5.75. The second-order valence-electron chi connectivity index (χ2n) is 3.52. The van der Waals surface area contributed by atoms with E-state index in [0.717, 1.165) is 0 Å². The van der Waals surface area contributed by atoms with Gasteiger partial charge in [0.2, 0.25) is 5.91 Å². The number of aliphatic carboxylic acids is 1. The number of amides is 1. The van der Waals surface area contributed by atoms with Crippen molar-refractivity contribution in [1.29, 1.82) is 0 Å². The van der Waals surface area contributed by atoms with Gasteiger partial charge >= 0.3 is 5.97 Å². The first-order valence-corrected chi connectivity index (χ1v) is 5.28. The average Bonchev–Trinajstić information content (AvgIpc) is 2.74. The van der Waals surface area contributed by atoms with E-state index >= 15 is 0 Å². The molecule has 5 nitrogen and oxygen atoms in total. The van der Waals surface area contributed by atoms with Crippen molar-refractivity contribution in [2.75, 3.05) is 6.54 Å². The molecule has 2 N–H and O–H groups in total. The van der Waals surface area contributed by atoms with Gasteiger partial charge in [-0.2, -0.15) is 0 Å². The maximum atomic E-state index is 11.3. The predicted molar refractivity (Wildman–Crippen MR) is 58.9 cm³/mol. The molecule has 0 saturated carbocycles. The number of hydrogen-bond acceptors (Lipinski definition) is 2. The normalized spacial score (nSPS) is 10.0. The van der Waals surface area contributed by atoms with Gasteiger partial charge < -0.3 is 15.0 Å². The Hall–Kier alpha value is -1.78. The second-order valence-corrected chi connectivity index (χ2v) is 3.52. The number of nitrogens with zero attached hydrogens (tertiary/aromatic N) is 1. The van der Waals surface area contributed by atoms with Crippen molar-refractivity contribution in [3.63, 3.8) is 0 Å². The fourth-order valence-electron chi connectivity index (χ4n) is 1.31. The number of aromatic nitrogens is 1. The van der Waals surface area contributed by atoms with Crippen LogP contribution in [0.25, 0.3) is 0 Å². The smallest absolute Gasteiger partial charge is 0.303 e. The summed E-state index contributed by atoms with van der Waals surface area (Å²) in [7, 11) is 0. The Morgan fingerprint density at radius 2 is 1.88 bits per heavy atom. The summed E-state index contributed by atoms with van der Waals surface area (Å²) in [4.78, 5) is 21.5. The molecule has 0 fully saturated rings. The maximum absolute atomic E-state index is 11.3. The van der Waals surface area contributed by atoms with Gasteiger partial charge in [-0.15, -0.1) is 0 Å². The molecule has 1 amide bonds. The van der Waals surface area contributed by atoms with Crippen LogP contribution in [0.5, 0.6) is 0 Å². The van der Waals surface area contributed by atoms with Gasteiger partial charge in [0.15, 0.2) is 0 Å². The lowest BCUT2D eigenvalue weighted by atomic mass is 10.3. The summed E-state index contributed by atoms with van der Waals surface area (Å²) in [6.45, 7) is 1.08. The molecule has 0 aliphatic heterocycles. The number of carboxylic acid groups (broad SMARTS) is 1. The zero-order chi connectivity index (χ0) is 11.8. The van der Waals surface area contributed by atoms with Crippen LogP contribution in [0, 0.1) is 0 Å². The highest BCUT2D eigenvalue weighted by Gasteiger charge is 2.01. The number of carboxylic acids is 1. The minimum atomic E-state index is -0.832. The molecule has 0 aromatic carbocycles. The molecule has 0 radical (unpaired) electrons. The van der Waals surface area contributed by atoms with E-state index < -0.39 is 5.97 Å². The SMILES string of the molecule is O=C(O)CCCNC(=O)CCn1cccc1. The number of aryl methyl sites for hydroxylation is 1. The van der Waals surface area contributed by atoms with Crippen LogP contribution in [0.15, 0.2) is 24.5 Å². The van der Waals surface area contributed by atoms with Crippen LogP contribution in [0.2, 0.25) is 0 Å². The Morgan fingerprint density at radius 1 is 1.19 bits per heavy atom. The molecule has 16 heavy (non-hydrogen) atoms. The number of rotatable bonds is 7. The summed E-state index contributed by atoms with van der Waals surface area (Å²) in [5, 5.41) is 11.1. The summed E-state index contributed by atoms with van der Waals surface area (Å²) in [6.07, 6.45) is 4.79. The summed E-state index contributed by atoms with van der Waals surface area (Å²) >= 11 is 0. The minimum absolute atomic E-state index is 0.0425. The van der Waals surface area contributed by atoms with Gasteiger partial charge in [0, 0.05) is 38.3 Å². The second kappa shape index (κ2) is 6.66. The Labute approximate surface area is 94.1 Å². The molecule has 1 rings (SSSR count). The lowest BCUT2D eigenvalue weighted by molar-refractivity contribution is -0.137. The molecule has 1 aromatic rings. The standard InChI is InChI=1S/C11H16N2O3/c14-10(12-6-3-4-11(15)16)5-9-13-7-1-2-8-13/h1-2,7-8H,3-6,9H2,(H,12,14)(H,15,16). The molecule has 0 unspecified atom stereocenters. The molecule has 0 spiro atoms. The summed E-state index contributed by atoms with van der Waals surface area (Å²) in [5.74, 6) is -0.874. The van der Waals surface area contributed by atoms with Crippen LogP contribution in [0.1, 0.15) is 19.3 Å². The molecule has 0 bridgehead atoms. The van der Waals surface area contributed by atoms with E-state index in [1.165, 1.54) is 0 Å². The van der Waals surface area contributed by atoms with Crippen LogP contribution in [0.4, 0.5) is 0 Å². The third-order valence-corrected chi connectivity index (χ3v) is 2.15. The first kappa shape index (κ1) is 12.3. The first-order valence-electron chi connectivity index (χ1n) is 5.28. The van der Waals surface area contributed by atoms with E-state index in [9.17, 15) is 9.59 Å². The zero-order valence-electron chi connectivity index (χ0n) is 9.06. The molecular formula is C11H16N2O3. The number of carbonyl (C=O) groups is 2. The quantitative estimate of drug-likeness (QED) is 0.675. The van der Waals surface area contributed by atoms with Crippen molar-refractivity contribution in [1.82, 2.24) is 9.88 Å². The van der Waals surface area contributed by atoms with Gasteiger partial charge in [0.05, 0.1) is 0 Å². The topological polar surface area (TPSA) is 71.3 Å². The van der Waals surface area contributed by atoms with Crippen molar-refractivity contribution < 1.29 is 14.7 Å². The van der Waals surface area contributed by atoms with Crippen LogP contribution < -0.4 is 5.32 Å². The monoisotopic (exact) mass is 224 g/mol. The van der Waals surface area contributed by atoms with Crippen LogP contribution in [-0.2, 0) is 16.1 Å². The molecule has 0 saturated heterocycles. The van der Waals surface area contributed by atoms with E-state index in [1.54, 1.807) is 0 Å². The van der Waals surface area contributed by atoms with E-state index in [4.69, 9.17) is 5.11 Å². The Balaban J connectivity index is 2.05. The van der Waals surface area contributed by atoms with E-state index in [2.05, 4.69) is 5.32 Å². The Morgan fingerprint density at radius 3 is 2.50 bits per heavy atom. The van der Waals surface area contributed by atoms with Crippen LogP contribution >= 0.6 is 0 Å². The minimum Gasteiger partial charge on any atom is -0.481 e. The molecular weight excluding hydrogens is 208 g/mol. The first-order chi connectivity index (χ1) is 7.68. The lowest BCUT2D eigenvalue weighted by Crippen LogP contribution is -2.25. The van der Waals surface area contributed by atoms with Gasteiger partial charge in [0.1, 0.15) is 0 Å². The summed E-state index contributed by atoms with van der Waals surface area (Å²) in [5.41, 5.74) is 0. The average molecular weight is 224 g/mol. The highest BCUT2D eigenvalue weighted by Crippen LogP contribution is 1.93. The lowest BCUT2D eigenvalue weighted by Gasteiger charge is -2.04. The zero-order valence-corrected chi connectivity index (χ0v) is 9.06. The Bertz CT molecular complexity index is 333. The van der Waals surface area contributed by atoms with Crippen molar-refractivity contribution in [3.05, 3.63) is 24.5 Å². The number of carbonyl (C=O) groups excluding carboxylic acids is 1. The van der Waals surface area contributed by atoms with Crippen LogP contribution in [0.3, 0.4) is 0 Å². The molecule has 88 valence electrons. The van der Waals surface area contributed by atoms with Crippen molar-refractivity contribution >= 4 is 11.9 Å². The van der Waals surface area contributed by atoms with Crippen molar-refractivity contribution in [3.8, 4) is 0 Å². The van der Waals surface area contributed by atoms with Crippen molar-refractivity contribution in [2.24, 2.45) is 0 Å². The maximum Gasteiger partial charge on any atom is 0.303 e. The molecule has 0 atom stereocenters. The number of hydrogen-bond donors (Lipinski definition) is 2. The molecule has 0 aliphatic rings. The molecule has 1 heterocycles. The summed E-state index contributed by atoms with van der Waals surface area (Å²) < 4.78 is 1.93. The van der Waals surface area contributed by atoms with Crippen molar-refractivity contribution in [2.45, 2.75) is 25.8 Å². The van der Waals surface area contributed by atoms with Gasteiger partial charge in [-0.1, -0.05) is 0 Å². The molecule has 0 aliphatic carbocycles. The van der Waals surface area contributed by atoms with Gasteiger partial charge in [-0.3, -0.25) is 9.59 Å². The van der Waals surface area contributed by atoms with Crippen LogP contribution in [-0.4, -0.2) is 28.1 Å². The summed E-state index contributed by atoms with van der Waals surface area (Å²) in [6, 6.07) is 3.82. The predicted octanol–water partition coefficient (Wildman–Crippen LogP) is 0.859. The largest absolute Gasteiger partial charge is 0.481 e. The highest BCUT2D eigenvalue weighted by atomic mass is 16.4. The molecule has 5 heteroatoms. The number of nitrogens with one attached hydrogen (secondary N) is 1. The van der Waals surface area contributed by atoms with Gasteiger partial charge in [-0.05, 0) is 18.6 Å². The third kappa shape index (κ3) is 5.19. The van der Waals surface area contributed by atoms with E-state index in [0.29, 0.717) is 25.9 Å². The third-order valence-electron chi connectivity index (χ3n) is 2.15. The molecule has 1 aromatic heterocycles. The van der Waals surface area contributed by atoms with Gasteiger partial charge in [-0.25, -0.2) is 0 Å². The fourth-order valence-corrected chi connectivity index (χ4v) is 1.31.